The minimum Gasteiger partial charge on any atom is -0.141 e. The van der Waals surface area contributed by atoms with Crippen molar-refractivity contribution in [3.8, 4) is 0 Å². The van der Waals surface area contributed by atoms with Crippen LogP contribution in [0.15, 0.2) is 95.9 Å². The summed E-state index contributed by atoms with van der Waals surface area (Å²) in [5.74, 6) is 0. The van der Waals surface area contributed by atoms with Gasteiger partial charge >= 0.3 is 0 Å². The Hall–Kier alpha value is -1.77. The van der Waals surface area contributed by atoms with Gasteiger partial charge in [0.25, 0.3) is 0 Å². The molecule has 0 fully saturated rings. The average molecular weight is 291 g/mol. The van der Waals surface area contributed by atoms with Crippen LogP contribution in [0.5, 0.6) is 0 Å². The van der Waals surface area contributed by atoms with Crippen LogP contribution in [-0.2, 0) is 0 Å². The summed E-state index contributed by atoms with van der Waals surface area (Å²) < 4.78 is 0. The fraction of sp³-hybridized carbons (Fsp3) is 0. The van der Waals surface area contributed by atoms with Crippen LogP contribution in [0.4, 0.5) is 0 Å². The molecular formula is C18H15SSi. The van der Waals surface area contributed by atoms with Crippen molar-refractivity contribution in [2.45, 2.75) is 4.90 Å². The van der Waals surface area contributed by atoms with Gasteiger partial charge in [0.15, 0.2) is 7.95 Å². The van der Waals surface area contributed by atoms with Crippen molar-refractivity contribution in [2.75, 3.05) is 0 Å². The average Bonchev–Trinajstić information content (AvgIpc) is 2.55. The zero-order valence-electron chi connectivity index (χ0n) is 11.1. The highest BCUT2D eigenvalue weighted by Gasteiger charge is 2.18. The second-order valence-electron chi connectivity index (χ2n) is 4.48. The van der Waals surface area contributed by atoms with Crippen LogP contribution >= 0.6 is 11.2 Å². The maximum atomic E-state index is 2.25. The molecule has 2 heteroatoms. The smallest absolute Gasteiger partial charge is 0.141 e. The first-order valence-corrected chi connectivity index (χ1v) is 9.68. The monoisotopic (exact) mass is 291 g/mol. The van der Waals surface area contributed by atoms with Gasteiger partial charge in [-0.3, -0.25) is 0 Å². The molecule has 3 rings (SSSR count). The van der Waals surface area contributed by atoms with E-state index in [1.54, 1.807) is 0 Å². The Labute approximate surface area is 125 Å². The van der Waals surface area contributed by atoms with Crippen molar-refractivity contribution >= 4 is 29.5 Å². The maximum Gasteiger partial charge on any atom is 0.196 e. The van der Waals surface area contributed by atoms with E-state index in [1.165, 1.54) is 15.3 Å². The molecule has 0 aliphatic carbocycles. The molecule has 3 aromatic rings. The van der Waals surface area contributed by atoms with Crippen LogP contribution < -0.4 is 10.4 Å². The highest BCUT2D eigenvalue weighted by Crippen LogP contribution is 2.20. The lowest BCUT2D eigenvalue weighted by Gasteiger charge is -2.15. The van der Waals surface area contributed by atoms with Crippen molar-refractivity contribution in [1.82, 2.24) is 0 Å². The quantitative estimate of drug-likeness (QED) is 0.662. The second kappa shape index (κ2) is 6.59. The zero-order valence-corrected chi connectivity index (χ0v) is 12.9. The third-order valence-corrected chi connectivity index (χ3v) is 8.20. The van der Waals surface area contributed by atoms with Crippen molar-refractivity contribution in [3.63, 3.8) is 0 Å². The molecule has 0 bridgehead atoms. The molecule has 3 aromatic carbocycles. The molecule has 0 amide bonds. The summed E-state index contributed by atoms with van der Waals surface area (Å²) in [5, 5.41) is 2.88. The van der Waals surface area contributed by atoms with E-state index in [0.717, 1.165) is 0 Å². The van der Waals surface area contributed by atoms with E-state index in [-0.39, 0.29) is 0 Å². The molecule has 0 nitrogen and oxygen atoms in total. The number of hydrogen-bond donors (Lipinski definition) is 0. The first-order chi connectivity index (χ1) is 9.93. The Balaban J connectivity index is 1.96. The molecule has 0 N–H and O–H groups in total. The van der Waals surface area contributed by atoms with Gasteiger partial charge in [-0.15, -0.1) is 11.2 Å². The normalized spacial score (nSPS) is 10.7. The Kier molecular flexibility index (Phi) is 4.36. The minimum atomic E-state index is -0.835. The summed E-state index contributed by atoms with van der Waals surface area (Å²) in [6, 6.07) is 32.4. The van der Waals surface area contributed by atoms with Crippen LogP contribution in [-0.4, -0.2) is 7.95 Å². The largest absolute Gasteiger partial charge is 0.196 e. The topological polar surface area (TPSA) is 0 Å². The molecule has 0 atom stereocenters. The van der Waals surface area contributed by atoms with Gasteiger partial charge in [-0.2, -0.15) is 0 Å². The Morgan fingerprint density at radius 1 is 0.500 bits per heavy atom. The third kappa shape index (κ3) is 3.21. The molecule has 0 aliphatic rings. The number of rotatable bonds is 4. The summed E-state index contributed by atoms with van der Waals surface area (Å²) in [4.78, 5) is 1.34. The van der Waals surface area contributed by atoms with Crippen LogP contribution in [0.2, 0.25) is 0 Å². The summed E-state index contributed by atoms with van der Waals surface area (Å²) in [6.07, 6.45) is 0. The highest BCUT2D eigenvalue weighted by atomic mass is 32.4. The molecule has 0 saturated carbocycles. The molecular weight excluding hydrogens is 276 g/mol. The first kappa shape index (κ1) is 13.2. The van der Waals surface area contributed by atoms with Crippen molar-refractivity contribution < 1.29 is 0 Å². The summed E-state index contributed by atoms with van der Waals surface area (Å²) in [6.45, 7) is 0. The standard InChI is InChI=1S/C18H15SSi/c1-4-10-16(11-5-1)19-20(17-12-6-2-7-13-17)18-14-8-3-9-15-18/h1-15H. The highest BCUT2D eigenvalue weighted by molar-refractivity contribution is 8.28. The fourth-order valence-corrected chi connectivity index (χ4v) is 6.80. The molecule has 1 radical (unpaired) electrons. The number of benzene rings is 3. The lowest BCUT2D eigenvalue weighted by Crippen LogP contribution is -2.39. The summed E-state index contributed by atoms with van der Waals surface area (Å²) in [5.41, 5.74) is 0. The van der Waals surface area contributed by atoms with Gasteiger partial charge in [0.05, 0.1) is 0 Å². The minimum absolute atomic E-state index is 0.835. The van der Waals surface area contributed by atoms with E-state index >= 15 is 0 Å². The van der Waals surface area contributed by atoms with Gasteiger partial charge in [0, 0.05) is 4.90 Å². The molecule has 97 valence electrons. The van der Waals surface area contributed by atoms with Gasteiger partial charge in [-0.25, -0.2) is 0 Å². The lowest BCUT2D eigenvalue weighted by atomic mass is 10.4. The van der Waals surface area contributed by atoms with Crippen LogP contribution in [0.1, 0.15) is 0 Å². The molecule has 0 heterocycles. The van der Waals surface area contributed by atoms with E-state index in [1.807, 2.05) is 11.2 Å². The van der Waals surface area contributed by atoms with E-state index in [9.17, 15) is 0 Å². The lowest BCUT2D eigenvalue weighted by molar-refractivity contribution is 1.48. The van der Waals surface area contributed by atoms with Gasteiger partial charge in [0.2, 0.25) is 0 Å². The van der Waals surface area contributed by atoms with Gasteiger partial charge in [0.1, 0.15) is 0 Å². The fourth-order valence-electron chi connectivity index (χ4n) is 2.07. The predicted octanol–water partition coefficient (Wildman–Crippen LogP) is 3.58. The Morgan fingerprint density at radius 3 is 1.35 bits per heavy atom. The van der Waals surface area contributed by atoms with Gasteiger partial charge in [-0.05, 0) is 22.5 Å². The van der Waals surface area contributed by atoms with Crippen molar-refractivity contribution in [3.05, 3.63) is 91.0 Å². The molecule has 20 heavy (non-hydrogen) atoms. The van der Waals surface area contributed by atoms with Crippen LogP contribution in [0.3, 0.4) is 0 Å². The van der Waals surface area contributed by atoms with E-state index < -0.39 is 7.95 Å². The van der Waals surface area contributed by atoms with Crippen LogP contribution in [0, 0.1) is 0 Å². The van der Waals surface area contributed by atoms with E-state index in [0.29, 0.717) is 0 Å². The molecule has 0 saturated heterocycles. The second-order valence-corrected chi connectivity index (χ2v) is 8.80. The Morgan fingerprint density at radius 2 is 0.900 bits per heavy atom. The molecule has 0 spiro atoms. The summed E-state index contributed by atoms with van der Waals surface area (Å²) >= 11 is 2.00. The van der Waals surface area contributed by atoms with Crippen molar-refractivity contribution in [2.24, 2.45) is 0 Å². The molecule has 0 unspecified atom stereocenters. The van der Waals surface area contributed by atoms with Gasteiger partial charge < -0.3 is 0 Å². The first-order valence-electron chi connectivity index (χ1n) is 6.64. The Bertz CT molecular complexity index is 599. The van der Waals surface area contributed by atoms with Gasteiger partial charge in [-0.1, -0.05) is 78.9 Å². The predicted molar refractivity (Wildman–Crippen MR) is 90.2 cm³/mol. The summed E-state index contributed by atoms with van der Waals surface area (Å²) in [7, 11) is -0.835. The number of hydrogen-bond acceptors (Lipinski definition) is 1. The third-order valence-electron chi connectivity index (χ3n) is 3.04. The zero-order chi connectivity index (χ0) is 13.6. The SMILES string of the molecule is c1ccc(S[Si](c2ccccc2)c2ccccc2)cc1. The molecule has 0 aliphatic heterocycles. The van der Waals surface area contributed by atoms with E-state index in [2.05, 4.69) is 91.0 Å². The van der Waals surface area contributed by atoms with Crippen LogP contribution in [0.25, 0.3) is 0 Å². The van der Waals surface area contributed by atoms with Crippen molar-refractivity contribution in [1.29, 1.82) is 0 Å². The van der Waals surface area contributed by atoms with E-state index in [4.69, 9.17) is 0 Å². The molecule has 0 aromatic heterocycles. The maximum absolute atomic E-state index is 2.25.